The van der Waals surface area contributed by atoms with Crippen molar-refractivity contribution in [1.29, 1.82) is 0 Å². The number of nitrogens with one attached hydrogen (secondary N) is 1. The van der Waals surface area contributed by atoms with E-state index < -0.39 is 0 Å². The zero-order valence-corrected chi connectivity index (χ0v) is 12.6. The lowest BCUT2D eigenvalue weighted by Gasteiger charge is -2.28. The molecular weight excluding hydrogens is 252 g/mol. The average Bonchev–Trinajstić information content (AvgIpc) is 2.66. The number of aromatic nitrogens is 2. The van der Waals surface area contributed by atoms with Gasteiger partial charge in [0.05, 0.1) is 0 Å². The minimum Gasteiger partial charge on any atom is -0.355 e. The summed E-state index contributed by atoms with van der Waals surface area (Å²) in [5.41, 5.74) is 3.73. The summed E-state index contributed by atoms with van der Waals surface area (Å²) in [4.78, 5) is 14.0. The SMILES string of the molecule is Cc1nc(NN)c(C)c(N2CCC3CCC(C2)N3C)n1. The highest BCUT2D eigenvalue weighted by Gasteiger charge is 2.35. The molecular formula is C14H24N6. The Balaban J connectivity index is 1.91. The molecule has 2 atom stereocenters. The third-order valence-corrected chi connectivity index (χ3v) is 4.82. The van der Waals surface area contributed by atoms with Crippen LogP contribution in [-0.2, 0) is 0 Å². The Morgan fingerprint density at radius 1 is 1.15 bits per heavy atom. The molecule has 2 fully saturated rings. The fourth-order valence-corrected chi connectivity index (χ4v) is 3.56. The van der Waals surface area contributed by atoms with Crippen LogP contribution >= 0.6 is 0 Å². The first-order valence-corrected chi connectivity index (χ1v) is 7.39. The monoisotopic (exact) mass is 276 g/mol. The standard InChI is InChI=1S/C14H24N6/c1-9-13(18-15)16-10(2)17-14(9)20-7-6-11-4-5-12(8-20)19(11)3/h11-12H,4-8,15H2,1-3H3,(H,16,17,18). The maximum atomic E-state index is 5.56. The molecule has 1 aromatic rings. The first-order chi connectivity index (χ1) is 9.60. The molecule has 3 N–H and O–H groups in total. The lowest BCUT2D eigenvalue weighted by Crippen LogP contribution is -2.37. The summed E-state index contributed by atoms with van der Waals surface area (Å²) in [6, 6.07) is 1.38. The largest absolute Gasteiger partial charge is 0.355 e. The quantitative estimate of drug-likeness (QED) is 0.621. The number of nitrogens with zero attached hydrogens (tertiary/aromatic N) is 4. The molecule has 0 aromatic carbocycles. The van der Waals surface area contributed by atoms with Crippen molar-refractivity contribution in [3.05, 3.63) is 11.4 Å². The van der Waals surface area contributed by atoms with Gasteiger partial charge in [0.2, 0.25) is 0 Å². The Morgan fingerprint density at radius 2 is 1.90 bits per heavy atom. The second kappa shape index (κ2) is 5.18. The number of likely N-dealkylation sites (N-methyl/N-ethyl adjacent to an activating group) is 1. The number of nitrogens with two attached hydrogens (primary N) is 1. The number of nitrogen functional groups attached to an aromatic ring is 1. The molecule has 2 aliphatic rings. The molecule has 6 heteroatoms. The molecule has 2 aliphatic heterocycles. The van der Waals surface area contributed by atoms with E-state index in [1.165, 1.54) is 19.3 Å². The summed E-state index contributed by atoms with van der Waals surface area (Å²) in [6.07, 6.45) is 3.84. The van der Waals surface area contributed by atoms with E-state index in [4.69, 9.17) is 5.84 Å². The summed E-state index contributed by atoms with van der Waals surface area (Å²) in [6.45, 7) is 6.07. The van der Waals surface area contributed by atoms with Crippen LogP contribution in [0, 0.1) is 13.8 Å². The van der Waals surface area contributed by atoms with Crippen LogP contribution in [-0.4, -0.2) is 47.1 Å². The molecule has 0 amide bonds. The normalized spacial score (nSPS) is 26.7. The van der Waals surface area contributed by atoms with Gasteiger partial charge in [-0.3, -0.25) is 4.90 Å². The predicted molar refractivity (Wildman–Crippen MR) is 80.7 cm³/mol. The van der Waals surface area contributed by atoms with Crippen molar-refractivity contribution in [2.24, 2.45) is 5.84 Å². The molecule has 3 rings (SSSR count). The van der Waals surface area contributed by atoms with Gasteiger partial charge in [0.15, 0.2) is 0 Å². The van der Waals surface area contributed by atoms with Crippen molar-refractivity contribution in [3.63, 3.8) is 0 Å². The molecule has 2 saturated heterocycles. The van der Waals surface area contributed by atoms with Gasteiger partial charge in [-0.05, 0) is 40.2 Å². The van der Waals surface area contributed by atoms with Crippen molar-refractivity contribution in [1.82, 2.24) is 14.9 Å². The summed E-state index contributed by atoms with van der Waals surface area (Å²) < 4.78 is 0. The van der Waals surface area contributed by atoms with Crippen LogP contribution in [0.4, 0.5) is 11.6 Å². The lowest BCUT2D eigenvalue weighted by molar-refractivity contribution is 0.254. The van der Waals surface area contributed by atoms with E-state index in [1.54, 1.807) is 0 Å². The van der Waals surface area contributed by atoms with E-state index >= 15 is 0 Å². The van der Waals surface area contributed by atoms with Crippen LogP contribution in [0.1, 0.15) is 30.7 Å². The Hall–Kier alpha value is -1.40. The molecule has 0 radical (unpaired) electrons. The Morgan fingerprint density at radius 3 is 2.65 bits per heavy atom. The highest BCUT2D eigenvalue weighted by molar-refractivity contribution is 5.58. The van der Waals surface area contributed by atoms with Gasteiger partial charge in [-0.2, -0.15) is 0 Å². The number of anilines is 2. The fourth-order valence-electron chi connectivity index (χ4n) is 3.56. The molecule has 2 unspecified atom stereocenters. The topological polar surface area (TPSA) is 70.3 Å². The Kier molecular flexibility index (Phi) is 3.52. The van der Waals surface area contributed by atoms with Crippen molar-refractivity contribution < 1.29 is 0 Å². The van der Waals surface area contributed by atoms with E-state index in [2.05, 4.69) is 32.2 Å². The van der Waals surface area contributed by atoms with Crippen LogP contribution in [0.2, 0.25) is 0 Å². The molecule has 3 heterocycles. The van der Waals surface area contributed by atoms with E-state index in [0.29, 0.717) is 6.04 Å². The lowest BCUT2D eigenvalue weighted by atomic mass is 10.1. The van der Waals surface area contributed by atoms with Crippen molar-refractivity contribution in [2.75, 3.05) is 30.5 Å². The van der Waals surface area contributed by atoms with E-state index in [-0.39, 0.29) is 0 Å². The number of aryl methyl sites for hydroxylation is 1. The molecule has 0 spiro atoms. The number of fused-ring (bicyclic) bond motifs is 2. The zero-order valence-electron chi connectivity index (χ0n) is 12.6. The van der Waals surface area contributed by atoms with E-state index in [9.17, 15) is 0 Å². The third kappa shape index (κ3) is 2.23. The molecule has 0 saturated carbocycles. The maximum Gasteiger partial charge on any atom is 0.148 e. The second-order valence-corrected chi connectivity index (χ2v) is 6.00. The van der Waals surface area contributed by atoms with Crippen molar-refractivity contribution in [2.45, 2.75) is 45.2 Å². The van der Waals surface area contributed by atoms with Crippen molar-refractivity contribution in [3.8, 4) is 0 Å². The van der Waals surface area contributed by atoms with Gasteiger partial charge < -0.3 is 10.3 Å². The summed E-state index contributed by atoms with van der Waals surface area (Å²) in [5.74, 6) is 8.09. The number of hydrogen-bond donors (Lipinski definition) is 2. The molecule has 0 aliphatic carbocycles. The van der Waals surface area contributed by atoms with Gasteiger partial charge in [0.25, 0.3) is 0 Å². The molecule has 110 valence electrons. The molecule has 6 nitrogen and oxygen atoms in total. The molecule has 20 heavy (non-hydrogen) atoms. The van der Waals surface area contributed by atoms with Crippen molar-refractivity contribution >= 4 is 11.6 Å². The first kappa shape index (κ1) is 13.6. The fraction of sp³-hybridized carbons (Fsp3) is 0.714. The van der Waals surface area contributed by atoms with Gasteiger partial charge in [0, 0.05) is 30.7 Å². The molecule has 2 bridgehead atoms. The Bertz CT molecular complexity index is 503. The summed E-state index contributed by atoms with van der Waals surface area (Å²) >= 11 is 0. The molecule has 1 aromatic heterocycles. The highest BCUT2D eigenvalue weighted by atomic mass is 15.3. The predicted octanol–water partition coefficient (Wildman–Crippen LogP) is 1.05. The maximum absolute atomic E-state index is 5.56. The van der Waals surface area contributed by atoms with Crippen LogP contribution in [0.3, 0.4) is 0 Å². The second-order valence-electron chi connectivity index (χ2n) is 6.00. The highest BCUT2D eigenvalue weighted by Crippen LogP contribution is 2.32. The van der Waals surface area contributed by atoms with Crippen LogP contribution in [0.15, 0.2) is 0 Å². The summed E-state index contributed by atoms with van der Waals surface area (Å²) in [7, 11) is 2.26. The number of hydrazine groups is 1. The van der Waals surface area contributed by atoms with E-state index in [0.717, 1.165) is 42.2 Å². The van der Waals surface area contributed by atoms with Gasteiger partial charge in [0.1, 0.15) is 17.5 Å². The minimum atomic E-state index is 0.645. The summed E-state index contributed by atoms with van der Waals surface area (Å²) in [5, 5.41) is 0. The third-order valence-electron chi connectivity index (χ3n) is 4.82. The average molecular weight is 276 g/mol. The Labute approximate surface area is 120 Å². The van der Waals surface area contributed by atoms with Crippen LogP contribution in [0.25, 0.3) is 0 Å². The van der Waals surface area contributed by atoms with Crippen LogP contribution in [0.5, 0.6) is 0 Å². The number of hydrogen-bond acceptors (Lipinski definition) is 6. The number of rotatable bonds is 2. The van der Waals surface area contributed by atoms with Gasteiger partial charge in [-0.1, -0.05) is 0 Å². The first-order valence-electron chi connectivity index (χ1n) is 7.39. The van der Waals surface area contributed by atoms with Gasteiger partial charge in [-0.25, -0.2) is 15.8 Å². The van der Waals surface area contributed by atoms with E-state index in [1.807, 2.05) is 13.8 Å². The van der Waals surface area contributed by atoms with Gasteiger partial charge >= 0.3 is 0 Å². The van der Waals surface area contributed by atoms with Gasteiger partial charge in [-0.15, -0.1) is 0 Å². The minimum absolute atomic E-state index is 0.645. The zero-order chi connectivity index (χ0) is 14.3. The van der Waals surface area contributed by atoms with Crippen LogP contribution < -0.4 is 16.2 Å². The smallest absolute Gasteiger partial charge is 0.148 e.